The summed E-state index contributed by atoms with van der Waals surface area (Å²) in [6.45, 7) is 4.07. The number of nitrogens with zero attached hydrogens (tertiary/aromatic N) is 2. The molecule has 132 valence electrons. The third-order valence-corrected chi connectivity index (χ3v) is 5.99. The molecule has 5 nitrogen and oxygen atoms in total. The second-order valence-corrected chi connectivity index (χ2v) is 7.37. The van der Waals surface area contributed by atoms with E-state index in [1.165, 1.54) is 19.3 Å². The second kappa shape index (κ2) is 8.12. The minimum atomic E-state index is 0.0475. The van der Waals surface area contributed by atoms with Crippen LogP contribution in [0.5, 0.6) is 11.5 Å². The zero-order chi connectivity index (χ0) is 16.9. The van der Waals surface area contributed by atoms with Crippen molar-refractivity contribution in [2.75, 3.05) is 46.2 Å². The monoisotopic (exact) mass is 350 g/mol. The molecule has 1 unspecified atom stereocenters. The van der Waals surface area contributed by atoms with Crippen LogP contribution in [-0.4, -0.2) is 61.9 Å². The summed E-state index contributed by atoms with van der Waals surface area (Å²) in [5, 5.41) is 0.0475. The first-order valence-corrected chi connectivity index (χ1v) is 9.62. The summed E-state index contributed by atoms with van der Waals surface area (Å²) in [6.07, 6.45) is 3.89. The van der Waals surface area contributed by atoms with Crippen molar-refractivity contribution in [2.45, 2.75) is 24.6 Å². The van der Waals surface area contributed by atoms with E-state index in [0.717, 1.165) is 43.2 Å². The molecule has 3 rings (SSSR count). The van der Waals surface area contributed by atoms with Crippen molar-refractivity contribution in [2.24, 2.45) is 0 Å². The molecule has 1 aromatic rings. The number of carbonyl (C=O) groups excluding carboxylic acids is 1. The van der Waals surface area contributed by atoms with Crippen LogP contribution in [0.3, 0.4) is 0 Å². The molecule has 2 aliphatic heterocycles. The molecule has 2 aliphatic rings. The fourth-order valence-electron chi connectivity index (χ4n) is 3.38. The van der Waals surface area contributed by atoms with E-state index in [0.29, 0.717) is 5.75 Å². The Balaban J connectivity index is 1.72. The standard InChI is InChI=1S/C18H26N2O3S/c1-22-15-10-14(11-16(12-15)23-2)18-20(17(21)13-24-18)9-8-19-6-4-3-5-7-19/h10-12,18H,3-9,13H2,1-2H3. The van der Waals surface area contributed by atoms with Gasteiger partial charge in [0.05, 0.1) is 20.0 Å². The highest BCUT2D eigenvalue weighted by Crippen LogP contribution is 2.41. The predicted molar refractivity (Wildman–Crippen MR) is 96.7 cm³/mol. The van der Waals surface area contributed by atoms with Crippen LogP contribution in [-0.2, 0) is 4.79 Å². The van der Waals surface area contributed by atoms with Crippen LogP contribution in [0, 0.1) is 0 Å². The number of hydrogen-bond donors (Lipinski definition) is 0. The number of ether oxygens (including phenoxy) is 2. The number of thioether (sulfide) groups is 1. The molecule has 1 amide bonds. The lowest BCUT2D eigenvalue weighted by Crippen LogP contribution is -2.39. The Morgan fingerprint density at radius 2 is 1.71 bits per heavy atom. The summed E-state index contributed by atoms with van der Waals surface area (Å²) in [5.41, 5.74) is 1.07. The molecule has 1 atom stereocenters. The van der Waals surface area contributed by atoms with E-state index in [2.05, 4.69) is 4.90 Å². The van der Waals surface area contributed by atoms with Gasteiger partial charge >= 0.3 is 0 Å². The third kappa shape index (κ3) is 3.98. The molecule has 0 bridgehead atoms. The van der Waals surface area contributed by atoms with Gasteiger partial charge in [-0.05, 0) is 43.6 Å². The van der Waals surface area contributed by atoms with Crippen molar-refractivity contribution >= 4 is 17.7 Å². The molecule has 1 aromatic carbocycles. The van der Waals surface area contributed by atoms with E-state index >= 15 is 0 Å². The Labute approximate surface area is 148 Å². The molecular weight excluding hydrogens is 324 g/mol. The Morgan fingerprint density at radius 1 is 1.04 bits per heavy atom. The number of rotatable bonds is 6. The molecule has 0 saturated carbocycles. The second-order valence-electron chi connectivity index (χ2n) is 6.30. The van der Waals surface area contributed by atoms with Gasteiger partial charge in [0.15, 0.2) is 0 Å². The molecule has 2 heterocycles. The van der Waals surface area contributed by atoms with Gasteiger partial charge in [0.1, 0.15) is 16.9 Å². The van der Waals surface area contributed by atoms with Gasteiger partial charge in [0.25, 0.3) is 0 Å². The summed E-state index contributed by atoms with van der Waals surface area (Å²) in [6, 6.07) is 5.88. The first-order valence-electron chi connectivity index (χ1n) is 8.57. The molecule has 0 N–H and O–H groups in total. The Bertz CT molecular complexity index is 553. The fourth-order valence-corrected chi connectivity index (χ4v) is 4.57. The molecule has 0 spiro atoms. The third-order valence-electron chi connectivity index (χ3n) is 4.73. The van der Waals surface area contributed by atoms with Crippen molar-refractivity contribution in [1.29, 1.82) is 0 Å². The molecule has 6 heteroatoms. The number of carbonyl (C=O) groups is 1. The average molecular weight is 350 g/mol. The number of amides is 1. The van der Waals surface area contributed by atoms with Crippen LogP contribution in [0.15, 0.2) is 18.2 Å². The average Bonchev–Trinajstić information content (AvgIpc) is 3.01. The van der Waals surface area contributed by atoms with Crippen LogP contribution in [0.2, 0.25) is 0 Å². The molecule has 2 fully saturated rings. The van der Waals surface area contributed by atoms with Gasteiger partial charge in [-0.3, -0.25) is 4.79 Å². The Morgan fingerprint density at radius 3 is 2.33 bits per heavy atom. The highest BCUT2D eigenvalue weighted by atomic mass is 32.2. The van der Waals surface area contributed by atoms with Gasteiger partial charge in [-0.2, -0.15) is 0 Å². The molecular formula is C18H26N2O3S. The minimum Gasteiger partial charge on any atom is -0.497 e. The molecule has 0 aliphatic carbocycles. The topological polar surface area (TPSA) is 42.0 Å². The Kier molecular flexibility index (Phi) is 5.89. The van der Waals surface area contributed by atoms with Crippen molar-refractivity contribution in [3.63, 3.8) is 0 Å². The van der Waals surface area contributed by atoms with Crippen molar-refractivity contribution in [3.8, 4) is 11.5 Å². The quantitative estimate of drug-likeness (QED) is 0.789. The molecule has 0 aromatic heterocycles. The van der Waals surface area contributed by atoms with Crippen LogP contribution >= 0.6 is 11.8 Å². The van der Waals surface area contributed by atoms with E-state index in [-0.39, 0.29) is 11.3 Å². The smallest absolute Gasteiger partial charge is 0.233 e. The number of hydrogen-bond acceptors (Lipinski definition) is 5. The SMILES string of the molecule is COc1cc(OC)cc(C2SCC(=O)N2CCN2CCCCC2)c1. The fraction of sp³-hybridized carbons (Fsp3) is 0.611. The lowest BCUT2D eigenvalue weighted by atomic mass is 10.1. The number of likely N-dealkylation sites (tertiary alicyclic amines) is 1. The highest BCUT2D eigenvalue weighted by molar-refractivity contribution is 8.00. The lowest BCUT2D eigenvalue weighted by molar-refractivity contribution is -0.128. The van der Waals surface area contributed by atoms with Crippen LogP contribution < -0.4 is 9.47 Å². The molecule has 24 heavy (non-hydrogen) atoms. The summed E-state index contributed by atoms with van der Waals surface area (Å²) in [7, 11) is 3.30. The number of piperidine rings is 1. The summed E-state index contributed by atoms with van der Waals surface area (Å²) < 4.78 is 10.7. The van der Waals surface area contributed by atoms with E-state index in [1.807, 2.05) is 23.1 Å². The maximum atomic E-state index is 12.4. The molecule has 2 saturated heterocycles. The van der Waals surface area contributed by atoms with Gasteiger partial charge < -0.3 is 19.3 Å². The summed E-state index contributed by atoms with van der Waals surface area (Å²) in [4.78, 5) is 16.8. The highest BCUT2D eigenvalue weighted by Gasteiger charge is 2.33. The zero-order valence-corrected chi connectivity index (χ0v) is 15.3. The van der Waals surface area contributed by atoms with Crippen LogP contribution in [0.1, 0.15) is 30.2 Å². The van der Waals surface area contributed by atoms with E-state index in [9.17, 15) is 4.79 Å². The van der Waals surface area contributed by atoms with Crippen molar-refractivity contribution < 1.29 is 14.3 Å². The van der Waals surface area contributed by atoms with Crippen LogP contribution in [0.4, 0.5) is 0 Å². The lowest BCUT2D eigenvalue weighted by Gasteiger charge is -2.30. The Hall–Kier alpha value is -1.40. The van der Waals surface area contributed by atoms with Crippen molar-refractivity contribution in [3.05, 3.63) is 23.8 Å². The first kappa shape index (κ1) is 17.4. The van der Waals surface area contributed by atoms with E-state index in [4.69, 9.17) is 9.47 Å². The van der Waals surface area contributed by atoms with Gasteiger partial charge in [-0.25, -0.2) is 0 Å². The van der Waals surface area contributed by atoms with E-state index in [1.54, 1.807) is 26.0 Å². The number of methoxy groups -OCH3 is 2. The number of benzene rings is 1. The van der Waals surface area contributed by atoms with E-state index < -0.39 is 0 Å². The van der Waals surface area contributed by atoms with Gasteiger partial charge in [0.2, 0.25) is 5.91 Å². The maximum absolute atomic E-state index is 12.4. The van der Waals surface area contributed by atoms with Gasteiger partial charge in [-0.1, -0.05) is 6.42 Å². The summed E-state index contributed by atoms with van der Waals surface area (Å²) >= 11 is 1.68. The molecule has 0 radical (unpaired) electrons. The normalized spacial score (nSPS) is 22.0. The predicted octanol–water partition coefficient (Wildman–Crippen LogP) is 2.76. The van der Waals surface area contributed by atoms with Gasteiger partial charge in [-0.15, -0.1) is 11.8 Å². The van der Waals surface area contributed by atoms with Gasteiger partial charge in [0, 0.05) is 19.2 Å². The largest absolute Gasteiger partial charge is 0.497 e. The minimum absolute atomic E-state index is 0.0475. The van der Waals surface area contributed by atoms with Crippen LogP contribution in [0.25, 0.3) is 0 Å². The van der Waals surface area contributed by atoms with Crippen molar-refractivity contribution in [1.82, 2.24) is 9.80 Å². The summed E-state index contributed by atoms with van der Waals surface area (Å²) in [5.74, 6) is 2.30. The zero-order valence-electron chi connectivity index (χ0n) is 14.5. The maximum Gasteiger partial charge on any atom is 0.233 e. The first-order chi connectivity index (χ1) is 11.7.